The third-order valence-corrected chi connectivity index (χ3v) is 3.49. The number of aliphatic hydroxyl groups is 1. The molecule has 0 spiro atoms. The summed E-state index contributed by atoms with van der Waals surface area (Å²) in [6.45, 7) is 0. The smallest absolute Gasteiger partial charge is 0.0543 e. The fourth-order valence-corrected chi connectivity index (χ4v) is 2.37. The van der Waals surface area contributed by atoms with Gasteiger partial charge in [0.2, 0.25) is 0 Å². The van der Waals surface area contributed by atoms with Crippen LogP contribution in [0.1, 0.15) is 77.0 Å². The lowest BCUT2D eigenvalue weighted by atomic mass is 10.0. The molecule has 0 radical (unpaired) electrons. The topological polar surface area (TPSA) is 20.2 Å². The molecular formula is C15H28O. The van der Waals surface area contributed by atoms with Gasteiger partial charge in [0, 0.05) is 0 Å². The third kappa shape index (κ3) is 7.92. The summed E-state index contributed by atoms with van der Waals surface area (Å²) in [5, 5.41) is 9.74. The van der Waals surface area contributed by atoms with Gasteiger partial charge in [0.05, 0.1) is 6.10 Å². The molecule has 1 nitrogen and oxygen atoms in total. The molecule has 0 saturated heterocycles. The van der Waals surface area contributed by atoms with Crippen molar-refractivity contribution in [3.63, 3.8) is 0 Å². The van der Waals surface area contributed by atoms with Gasteiger partial charge >= 0.3 is 0 Å². The van der Waals surface area contributed by atoms with Crippen molar-refractivity contribution in [2.75, 3.05) is 0 Å². The molecule has 1 N–H and O–H groups in total. The molecule has 0 amide bonds. The standard InChI is InChI=1S/C15H28O/c16-15-13-11-9-7-5-3-1-2-4-6-8-10-12-14-15/h7,9,15-16H,1-6,8,10-14H2/b9-7+. The van der Waals surface area contributed by atoms with E-state index in [0.717, 1.165) is 19.3 Å². The first-order chi connectivity index (χ1) is 7.89. The van der Waals surface area contributed by atoms with Crippen LogP contribution in [0.5, 0.6) is 0 Å². The van der Waals surface area contributed by atoms with Crippen molar-refractivity contribution >= 4 is 0 Å². The molecule has 1 unspecified atom stereocenters. The molecule has 0 aromatic carbocycles. The van der Waals surface area contributed by atoms with Gasteiger partial charge in [-0.15, -0.1) is 0 Å². The summed E-state index contributed by atoms with van der Waals surface area (Å²) >= 11 is 0. The Labute approximate surface area is 101 Å². The Morgan fingerprint density at radius 1 is 0.625 bits per heavy atom. The predicted molar refractivity (Wildman–Crippen MR) is 70.6 cm³/mol. The Hall–Kier alpha value is -0.300. The van der Waals surface area contributed by atoms with Crippen molar-refractivity contribution in [3.05, 3.63) is 12.2 Å². The summed E-state index contributed by atoms with van der Waals surface area (Å²) in [5.74, 6) is 0. The zero-order valence-electron chi connectivity index (χ0n) is 10.7. The van der Waals surface area contributed by atoms with Crippen LogP contribution < -0.4 is 0 Å². The SMILES string of the molecule is OC1CC/C=C/CCCCCCCCCC1. The van der Waals surface area contributed by atoms with E-state index in [9.17, 15) is 5.11 Å². The van der Waals surface area contributed by atoms with E-state index in [1.165, 1.54) is 57.8 Å². The highest BCUT2D eigenvalue weighted by Gasteiger charge is 2.02. The van der Waals surface area contributed by atoms with E-state index >= 15 is 0 Å². The molecule has 1 rings (SSSR count). The second-order valence-electron chi connectivity index (χ2n) is 5.11. The van der Waals surface area contributed by atoms with Gasteiger partial charge in [-0.2, -0.15) is 0 Å². The summed E-state index contributed by atoms with van der Waals surface area (Å²) in [6, 6.07) is 0. The predicted octanol–water partition coefficient (Wildman–Crippen LogP) is 4.60. The minimum atomic E-state index is -0.0604. The second-order valence-corrected chi connectivity index (χ2v) is 5.11. The van der Waals surface area contributed by atoms with E-state index < -0.39 is 0 Å². The second kappa shape index (κ2) is 9.89. The molecule has 0 aromatic heterocycles. The first-order valence-corrected chi connectivity index (χ1v) is 7.22. The number of rotatable bonds is 0. The monoisotopic (exact) mass is 224 g/mol. The number of aliphatic hydroxyl groups excluding tert-OH is 1. The van der Waals surface area contributed by atoms with Crippen molar-refractivity contribution < 1.29 is 5.11 Å². The van der Waals surface area contributed by atoms with E-state index in [0.29, 0.717) is 0 Å². The Morgan fingerprint density at radius 2 is 1.19 bits per heavy atom. The molecule has 94 valence electrons. The average molecular weight is 224 g/mol. The summed E-state index contributed by atoms with van der Waals surface area (Å²) in [5.41, 5.74) is 0. The van der Waals surface area contributed by atoms with Crippen LogP contribution >= 0.6 is 0 Å². The Balaban J connectivity index is 2.18. The number of hydrogen-bond acceptors (Lipinski definition) is 1. The fourth-order valence-electron chi connectivity index (χ4n) is 2.37. The minimum Gasteiger partial charge on any atom is -0.393 e. The Kier molecular flexibility index (Phi) is 8.51. The largest absolute Gasteiger partial charge is 0.393 e. The van der Waals surface area contributed by atoms with Crippen LogP contribution in [0.3, 0.4) is 0 Å². The van der Waals surface area contributed by atoms with E-state index in [4.69, 9.17) is 0 Å². The summed E-state index contributed by atoms with van der Waals surface area (Å²) in [6.07, 6.45) is 19.6. The van der Waals surface area contributed by atoms with Gasteiger partial charge in [-0.05, 0) is 32.1 Å². The van der Waals surface area contributed by atoms with Gasteiger partial charge in [0.1, 0.15) is 0 Å². The lowest BCUT2D eigenvalue weighted by molar-refractivity contribution is 0.152. The summed E-state index contributed by atoms with van der Waals surface area (Å²) in [7, 11) is 0. The molecular weight excluding hydrogens is 196 g/mol. The normalized spacial score (nSPS) is 28.9. The number of hydrogen-bond donors (Lipinski definition) is 1. The lowest BCUT2D eigenvalue weighted by Gasteiger charge is -2.08. The molecule has 0 saturated carbocycles. The van der Waals surface area contributed by atoms with Crippen LogP contribution in [0, 0.1) is 0 Å². The molecule has 1 atom stereocenters. The first-order valence-electron chi connectivity index (χ1n) is 7.22. The van der Waals surface area contributed by atoms with Crippen molar-refractivity contribution in [1.29, 1.82) is 0 Å². The molecule has 1 heteroatoms. The molecule has 0 aliphatic heterocycles. The van der Waals surface area contributed by atoms with E-state index in [-0.39, 0.29) is 6.10 Å². The maximum Gasteiger partial charge on any atom is 0.0543 e. The van der Waals surface area contributed by atoms with Gasteiger partial charge in [0.25, 0.3) is 0 Å². The van der Waals surface area contributed by atoms with Crippen LogP contribution in [0.15, 0.2) is 12.2 Å². The highest BCUT2D eigenvalue weighted by atomic mass is 16.3. The van der Waals surface area contributed by atoms with Crippen molar-refractivity contribution in [1.82, 2.24) is 0 Å². The van der Waals surface area contributed by atoms with Crippen molar-refractivity contribution in [2.24, 2.45) is 0 Å². The minimum absolute atomic E-state index is 0.0604. The fraction of sp³-hybridized carbons (Fsp3) is 0.867. The molecule has 1 aliphatic rings. The zero-order valence-corrected chi connectivity index (χ0v) is 10.7. The maximum absolute atomic E-state index is 9.74. The Bertz CT molecular complexity index is 174. The van der Waals surface area contributed by atoms with Crippen molar-refractivity contribution in [2.45, 2.75) is 83.2 Å². The molecule has 0 fully saturated rings. The van der Waals surface area contributed by atoms with Gasteiger partial charge in [-0.3, -0.25) is 0 Å². The highest BCUT2D eigenvalue weighted by Crippen LogP contribution is 2.14. The van der Waals surface area contributed by atoms with Gasteiger partial charge < -0.3 is 5.11 Å². The van der Waals surface area contributed by atoms with E-state index in [2.05, 4.69) is 12.2 Å². The molecule has 1 aliphatic carbocycles. The van der Waals surface area contributed by atoms with Gasteiger partial charge in [-0.25, -0.2) is 0 Å². The average Bonchev–Trinajstić information content (AvgIpc) is 2.29. The molecule has 0 bridgehead atoms. The molecule has 0 aromatic rings. The van der Waals surface area contributed by atoms with Gasteiger partial charge in [-0.1, -0.05) is 57.1 Å². The van der Waals surface area contributed by atoms with Gasteiger partial charge in [0.15, 0.2) is 0 Å². The van der Waals surface area contributed by atoms with E-state index in [1.54, 1.807) is 0 Å². The molecule has 16 heavy (non-hydrogen) atoms. The van der Waals surface area contributed by atoms with Crippen LogP contribution in [0.25, 0.3) is 0 Å². The first kappa shape index (κ1) is 13.8. The summed E-state index contributed by atoms with van der Waals surface area (Å²) in [4.78, 5) is 0. The molecule has 0 heterocycles. The zero-order chi connectivity index (χ0) is 11.5. The van der Waals surface area contributed by atoms with Crippen LogP contribution in [-0.2, 0) is 0 Å². The van der Waals surface area contributed by atoms with Crippen LogP contribution in [0.4, 0.5) is 0 Å². The van der Waals surface area contributed by atoms with E-state index in [1.807, 2.05) is 0 Å². The quantitative estimate of drug-likeness (QED) is 0.596. The summed E-state index contributed by atoms with van der Waals surface area (Å²) < 4.78 is 0. The maximum atomic E-state index is 9.74. The highest BCUT2D eigenvalue weighted by molar-refractivity contribution is 4.82. The number of allylic oxidation sites excluding steroid dienone is 2. The van der Waals surface area contributed by atoms with Crippen LogP contribution in [0.2, 0.25) is 0 Å². The van der Waals surface area contributed by atoms with Crippen molar-refractivity contribution in [3.8, 4) is 0 Å². The Morgan fingerprint density at radius 3 is 1.94 bits per heavy atom. The lowest BCUT2D eigenvalue weighted by Crippen LogP contribution is -2.05. The third-order valence-electron chi connectivity index (χ3n) is 3.49. The van der Waals surface area contributed by atoms with Crippen LogP contribution in [-0.4, -0.2) is 11.2 Å².